The van der Waals surface area contributed by atoms with Gasteiger partial charge in [-0.15, -0.1) is 0 Å². The van der Waals surface area contributed by atoms with E-state index in [9.17, 15) is 0 Å². The quantitative estimate of drug-likeness (QED) is 0.446. The van der Waals surface area contributed by atoms with Gasteiger partial charge in [0.05, 0.1) is 18.8 Å². The van der Waals surface area contributed by atoms with Crippen LogP contribution in [0.25, 0.3) is 0 Å². The second-order valence-electron chi connectivity index (χ2n) is 12.9. The molecule has 4 heteroatoms. The van der Waals surface area contributed by atoms with Crippen LogP contribution in [-0.4, -0.2) is 76.5 Å². The van der Waals surface area contributed by atoms with Gasteiger partial charge >= 0.3 is 0 Å². The van der Waals surface area contributed by atoms with E-state index in [0.29, 0.717) is 23.0 Å². The molecule has 4 saturated carbocycles. The average molecular weight is 449 g/mol. The van der Waals surface area contributed by atoms with E-state index >= 15 is 0 Å². The number of likely N-dealkylation sites (N-methyl/N-ethyl adjacent to an activating group) is 1. The highest BCUT2D eigenvalue weighted by atomic mass is 16.5. The third-order valence-corrected chi connectivity index (χ3v) is 10.5. The van der Waals surface area contributed by atoms with Gasteiger partial charge in [0.1, 0.15) is 0 Å². The molecule has 0 amide bonds. The normalized spacial score (nSPS) is 43.9. The van der Waals surface area contributed by atoms with E-state index in [1.165, 1.54) is 57.8 Å². The molecular weight excluding hydrogens is 396 g/mol. The van der Waals surface area contributed by atoms with Crippen LogP contribution in [-0.2, 0) is 9.47 Å². The van der Waals surface area contributed by atoms with Crippen molar-refractivity contribution < 1.29 is 9.47 Å². The first-order chi connectivity index (χ1) is 15.2. The number of fused-ring (bicyclic) bond motifs is 5. The highest BCUT2D eigenvalue weighted by molar-refractivity contribution is 5.09. The Balaban J connectivity index is 1.34. The Bertz CT molecular complexity index is 610. The first-order valence-corrected chi connectivity index (χ1v) is 13.8. The fourth-order valence-electron chi connectivity index (χ4n) is 8.60. The van der Waals surface area contributed by atoms with Gasteiger partial charge in [-0.2, -0.15) is 0 Å². The summed E-state index contributed by atoms with van der Waals surface area (Å²) in [6.45, 7) is 9.28. The van der Waals surface area contributed by atoms with Crippen molar-refractivity contribution in [3.8, 4) is 0 Å². The summed E-state index contributed by atoms with van der Waals surface area (Å²) in [4.78, 5) is 4.51. The van der Waals surface area contributed by atoms with Crippen LogP contribution in [0, 0.1) is 34.5 Å². The fraction of sp³-hybridized carbons (Fsp3) is 1.00. The van der Waals surface area contributed by atoms with E-state index in [1.54, 1.807) is 0 Å². The third kappa shape index (κ3) is 4.95. The molecule has 8 atom stereocenters. The Kier molecular flexibility index (Phi) is 7.97. The molecule has 4 rings (SSSR count). The summed E-state index contributed by atoms with van der Waals surface area (Å²) >= 11 is 0. The predicted octanol–water partition coefficient (Wildman–Crippen LogP) is 5.31. The third-order valence-electron chi connectivity index (χ3n) is 10.5. The van der Waals surface area contributed by atoms with Crippen LogP contribution in [0.1, 0.15) is 78.1 Å². The molecule has 0 radical (unpaired) electrons. The van der Waals surface area contributed by atoms with Crippen molar-refractivity contribution in [3.63, 3.8) is 0 Å². The molecule has 0 aromatic carbocycles. The fourth-order valence-corrected chi connectivity index (χ4v) is 8.60. The van der Waals surface area contributed by atoms with Crippen LogP contribution < -0.4 is 0 Å². The van der Waals surface area contributed by atoms with Crippen molar-refractivity contribution in [3.05, 3.63) is 0 Å². The first kappa shape index (κ1) is 24.9. The number of rotatable bonds is 9. The van der Waals surface area contributed by atoms with Crippen LogP contribution in [0.4, 0.5) is 0 Å². The number of hydrogen-bond acceptors (Lipinski definition) is 4. The monoisotopic (exact) mass is 448 g/mol. The summed E-state index contributed by atoms with van der Waals surface area (Å²) in [5.74, 6) is 3.65. The molecule has 0 aliphatic heterocycles. The van der Waals surface area contributed by atoms with Crippen LogP contribution in [0.3, 0.4) is 0 Å². The summed E-state index contributed by atoms with van der Waals surface area (Å²) in [7, 11) is 8.61. The summed E-state index contributed by atoms with van der Waals surface area (Å²) < 4.78 is 12.9. The topological polar surface area (TPSA) is 24.9 Å². The molecule has 4 aliphatic carbocycles. The van der Waals surface area contributed by atoms with Gasteiger partial charge in [-0.05, 0) is 133 Å². The van der Waals surface area contributed by atoms with Gasteiger partial charge in [0.2, 0.25) is 0 Å². The molecule has 0 aromatic heterocycles. The van der Waals surface area contributed by atoms with Gasteiger partial charge in [0.15, 0.2) is 0 Å². The zero-order valence-electron chi connectivity index (χ0n) is 22.1. The maximum Gasteiger partial charge on any atom is 0.0632 e. The summed E-state index contributed by atoms with van der Waals surface area (Å²) in [6.07, 6.45) is 14.6. The minimum Gasteiger partial charge on any atom is -0.378 e. The SMILES string of the molecule is CN(C)CCCO[C@H]1CC[C@@]2(C)C(CCC3C2CC[C@@]2(C)C3CC[C@@H]2OCCN(C)C)C1. The smallest absolute Gasteiger partial charge is 0.0632 e. The number of ether oxygens (including phenoxy) is 2. The maximum atomic E-state index is 6.51. The van der Waals surface area contributed by atoms with Crippen LogP contribution in [0.2, 0.25) is 0 Å². The molecule has 0 bridgehead atoms. The molecule has 4 unspecified atom stereocenters. The summed E-state index contributed by atoms with van der Waals surface area (Å²) in [6, 6.07) is 0. The van der Waals surface area contributed by atoms with E-state index in [4.69, 9.17) is 9.47 Å². The Morgan fingerprint density at radius 3 is 2.19 bits per heavy atom. The van der Waals surface area contributed by atoms with E-state index in [-0.39, 0.29) is 0 Å². The van der Waals surface area contributed by atoms with Crippen LogP contribution >= 0.6 is 0 Å². The van der Waals surface area contributed by atoms with Crippen LogP contribution in [0.5, 0.6) is 0 Å². The zero-order valence-corrected chi connectivity index (χ0v) is 22.1. The van der Waals surface area contributed by atoms with E-state index in [2.05, 4.69) is 51.8 Å². The maximum absolute atomic E-state index is 6.51. The minimum atomic E-state index is 0.420. The standard InChI is InChI=1S/C28H52N2O2/c1-27-14-12-22(31-18-7-16-29(3)4)20-21(27)8-9-23-24-10-11-26(32-19-17-30(5)6)28(24,2)15-13-25(23)27/h21-26H,7-20H2,1-6H3/t21?,22-,23?,24?,25?,26-,27-,28-/m0/s1. The Morgan fingerprint density at radius 2 is 1.44 bits per heavy atom. The molecule has 0 saturated heterocycles. The summed E-state index contributed by atoms with van der Waals surface area (Å²) in [5, 5.41) is 0. The highest BCUT2D eigenvalue weighted by Crippen LogP contribution is 2.66. The summed E-state index contributed by atoms with van der Waals surface area (Å²) in [5.41, 5.74) is 0.973. The Labute approximate surface area is 198 Å². The number of hydrogen-bond donors (Lipinski definition) is 0. The van der Waals surface area contributed by atoms with E-state index in [0.717, 1.165) is 56.4 Å². The number of nitrogens with zero attached hydrogens (tertiary/aromatic N) is 2. The van der Waals surface area contributed by atoms with Crippen molar-refractivity contribution in [2.45, 2.75) is 90.3 Å². The van der Waals surface area contributed by atoms with Crippen molar-refractivity contribution in [2.24, 2.45) is 34.5 Å². The molecule has 4 nitrogen and oxygen atoms in total. The second kappa shape index (κ2) is 10.2. The molecule has 32 heavy (non-hydrogen) atoms. The molecular formula is C28H52N2O2. The van der Waals surface area contributed by atoms with E-state index < -0.39 is 0 Å². The predicted molar refractivity (Wildman–Crippen MR) is 133 cm³/mol. The lowest BCUT2D eigenvalue weighted by Crippen LogP contribution is -2.54. The lowest BCUT2D eigenvalue weighted by Gasteiger charge is -2.61. The van der Waals surface area contributed by atoms with Crippen molar-refractivity contribution in [2.75, 3.05) is 54.5 Å². The zero-order chi connectivity index (χ0) is 22.9. The molecule has 4 fully saturated rings. The molecule has 0 N–H and O–H groups in total. The van der Waals surface area contributed by atoms with E-state index in [1.807, 2.05) is 0 Å². The second-order valence-corrected chi connectivity index (χ2v) is 12.9. The van der Waals surface area contributed by atoms with Crippen LogP contribution in [0.15, 0.2) is 0 Å². The Morgan fingerprint density at radius 1 is 0.719 bits per heavy atom. The average Bonchev–Trinajstić information content (AvgIpc) is 3.07. The molecule has 186 valence electrons. The van der Waals surface area contributed by atoms with Crippen molar-refractivity contribution in [1.29, 1.82) is 0 Å². The lowest BCUT2D eigenvalue weighted by atomic mass is 9.45. The first-order valence-electron chi connectivity index (χ1n) is 13.8. The minimum absolute atomic E-state index is 0.420. The van der Waals surface area contributed by atoms with Gasteiger partial charge in [0, 0.05) is 13.2 Å². The Hall–Kier alpha value is -0.160. The highest BCUT2D eigenvalue weighted by Gasteiger charge is 2.60. The van der Waals surface area contributed by atoms with Gasteiger partial charge in [-0.1, -0.05) is 13.8 Å². The lowest BCUT2D eigenvalue weighted by molar-refractivity contribution is -0.146. The van der Waals surface area contributed by atoms with Gasteiger partial charge in [-0.25, -0.2) is 0 Å². The molecule has 0 spiro atoms. The van der Waals surface area contributed by atoms with Gasteiger partial charge in [-0.3, -0.25) is 0 Å². The largest absolute Gasteiger partial charge is 0.378 e. The molecule has 4 aliphatic rings. The molecule has 0 heterocycles. The van der Waals surface area contributed by atoms with Gasteiger partial charge in [0.25, 0.3) is 0 Å². The molecule has 0 aromatic rings. The van der Waals surface area contributed by atoms with Crippen molar-refractivity contribution >= 4 is 0 Å². The van der Waals surface area contributed by atoms with Gasteiger partial charge < -0.3 is 19.3 Å². The van der Waals surface area contributed by atoms with Crippen molar-refractivity contribution in [1.82, 2.24) is 9.80 Å².